The van der Waals surface area contributed by atoms with Crippen molar-refractivity contribution < 1.29 is 9.15 Å². The third-order valence-electron chi connectivity index (χ3n) is 4.14. The van der Waals surface area contributed by atoms with Crippen molar-refractivity contribution in [1.29, 1.82) is 0 Å². The monoisotopic (exact) mass is 341 g/mol. The Bertz CT molecular complexity index is 771. The topological polar surface area (TPSA) is 52.2 Å². The second-order valence-corrected chi connectivity index (χ2v) is 6.80. The molecule has 25 heavy (non-hydrogen) atoms. The molecule has 0 bridgehead atoms. The van der Waals surface area contributed by atoms with Crippen molar-refractivity contribution in [2.24, 2.45) is 13.0 Å². The maximum absolute atomic E-state index is 5.96. The summed E-state index contributed by atoms with van der Waals surface area (Å²) in [6, 6.07) is 10.1. The molecule has 0 amide bonds. The maximum atomic E-state index is 5.96. The van der Waals surface area contributed by atoms with Gasteiger partial charge in [0.1, 0.15) is 11.3 Å². The summed E-state index contributed by atoms with van der Waals surface area (Å²) in [5, 5.41) is 9.10. The number of nitrogens with one attached hydrogen (secondary N) is 1. The van der Waals surface area contributed by atoms with Crippen molar-refractivity contribution in [2.75, 3.05) is 19.8 Å². The van der Waals surface area contributed by atoms with Crippen molar-refractivity contribution >= 4 is 11.0 Å². The van der Waals surface area contributed by atoms with E-state index in [4.69, 9.17) is 9.15 Å². The molecular weight excluding hydrogens is 314 g/mol. The average molecular weight is 341 g/mol. The van der Waals surface area contributed by atoms with Gasteiger partial charge in [0, 0.05) is 43.9 Å². The van der Waals surface area contributed by atoms with E-state index in [1.54, 1.807) is 0 Å². The molecule has 5 nitrogen and oxygen atoms in total. The standard InChI is InChI=1S/C20H27N3O2/c1-15(2)8-10-24-11-9-21-13-17-14-23(3)22-20(17)19-12-16-6-4-5-7-18(16)25-19/h4-7,12,14-15,21H,8-11,13H2,1-3H3. The van der Waals surface area contributed by atoms with Gasteiger partial charge in [-0.2, -0.15) is 5.10 Å². The zero-order valence-electron chi connectivity index (χ0n) is 15.3. The Morgan fingerprint density at radius 1 is 1.24 bits per heavy atom. The van der Waals surface area contributed by atoms with Gasteiger partial charge in [-0.3, -0.25) is 4.68 Å². The number of nitrogens with zero attached hydrogens (tertiary/aromatic N) is 2. The lowest BCUT2D eigenvalue weighted by Gasteiger charge is -2.07. The molecule has 1 aromatic carbocycles. The number of aryl methyl sites for hydroxylation is 1. The number of furan rings is 1. The summed E-state index contributed by atoms with van der Waals surface area (Å²) in [6.45, 7) is 7.55. The molecule has 0 aliphatic heterocycles. The Morgan fingerprint density at radius 2 is 2.08 bits per heavy atom. The van der Waals surface area contributed by atoms with Gasteiger partial charge in [0.25, 0.3) is 0 Å². The minimum absolute atomic E-state index is 0.690. The van der Waals surface area contributed by atoms with Crippen LogP contribution in [0, 0.1) is 5.92 Å². The quantitative estimate of drug-likeness (QED) is 0.598. The lowest BCUT2D eigenvalue weighted by molar-refractivity contribution is 0.125. The first-order valence-electron chi connectivity index (χ1n) is 8.93. The molecule has 3 aromatic rings. The lowest BCUT2D eigenvalue weighted by Crippen LogP contribution is -2.19. The first-order valence-corrected chi connectivity index (χ1v) is 8.93. The normalized spacial score (nSPS) is 11.7. The van der Waals surface area contributed by atoms with Crippen LogP contribution >= 0.6 is 0 Å². The van der Waals surface area contributed by atoms with Gasteiger partial charge in [-0.05, 0) is 24.5 Å². The number of ether oxygens (including phenoxy) is 1. The second-order valence-electron chi connectivity index (χ2n) is 6.80. The van der Waals surface area contributed by atoms with E-state index in [1.165, 1.54) is 0 Å². The van der Waals surface area contributed by atoms with Gasteiger partial charge >= 0.3 is 0 Å². The van der Waals surface area contributed by atoms with E-state index >= 15 is 0 Å². The minimum atomic E-state index is 0.690. The molecule has 1 N–H and O–H groups in total. The number of para-hydroxylation sites is 1. The second kappa shape index (κ2) is 8.32. The fourth-order valence-electron chi connectivity index (χ4n) is 2.76. The zero-order chi connectivity index (χ0) is 17.6. The van der Waals surface area contributed by atoms with E-state index < -0.39 is 0 Å². The molecule has 0 radical (unpaired) electrons. The zero-order valence-corrected chi connectivity index (χ0v) is 15.3. The smallest absolute Gasteiger partial charge is 0.156 e. The van der Waals surface area contributed by atoms with Crippen molar-refractivity contribution in [3.8, 4) is 11.5 Å². The Kier molecular flexibility index (Phi) is 5.89. The maximum Gasteiger partial charge on any atom is 0.156 e. The van der Waals surface area contributed by atoms with Gasteiger partial charge in [0.2, 0.25) is 0 Å². The first-order chi connectivity index (χ1) is 12.1. The highest BCUT2D eigenvalue weighted by atomic mass is 16.5. The number of benzene rings is 1. The van der Waals surface area contributed by atoms with E-state index in [1.807, 2.05) is 36.1 Å². The SMILES string of the molecule is CC(C)CCOCCNCc1cn(C)nc1-c1cc2ccccc2o1. The number of aromatic nitrogens is 2. The van der Waals surface area contributed by atoms with Crippen LogP contribution in [0.4, 0.5) is 0 Å². The van der Waals surface area contributed by atoms with Gasteiger partial charge in [0.05, 0.1) is 6.61 Å². The first kappa shape index (κ1) is 17.7. The van der Waals surface area contributed by atoms with E-state index in [-0.39, 0.29) is 0 Å². The van der Waals surface area contributed by atoms with Crippen molar-refractivity contribution in [2.45, 2.75) is 26.8 Å². The molecule has 0 aliphatic carbocycles. The largest absolute Gasteiger partial charge is 0.454 e. The van der Waals surface area contributed by atoms with Crippen LogP contribution in [-0.2, 0) is 18.3 Å². The number of hydrogen-bond donors (Lipinski definition) is 1. The molecular formula is C20H27N3O2. The number of rotatable bonds is 9. The van der Waals surface area contributed by atoms with Gasteiger partial charge in [-0.15, -0.1) is 0 Å². The van der Waals surface area contributed by atoms with Crippen LogP contribution in [0.5, 0.6) is 0 Å². The van der Waals surface area contributed by atoms with Crippen molar-refractivity contribution in [3.63, 3.8) is 0 Å². The lowest BCUT2D eigenvalue weighted by atomic mass is 10.1. The molecule has 0 aliphatic rings. The minimum Gasteiger partial charge on any atom is -0.454 e. The highest BCUT2D eigenvalue weighted by Crippen LogP contribution is 2.28. The fourth-order valence-corrected chi connectivity index (χ4v) is 2.76. The van der Waals surface area contributed by atoms with Gasteiger partial charge in [-0.1, -0.05) is 32.0 Å². The Balaban J connectivity index is 1.58. The van der Waals surface area contributed by atoms with Crippen LogP contribution in [0.25, 0.3) is 22.4 Å². The summed E-state index contributed by atoms with van der Waals surface area (Å²) in [6.07, 6.45) is 3.15. The molecule has 2 aromatic heterocycles. The fraction of sp³-hybridized carbons (Fsp3) is 0.450. The summed E-state index contributed by atoms with van der Waals surface area (Å²) in [7, 11) is 1.94. The van der Waals surface area contributed by atoms with Crippen LogP contribution in [0.2, 0.25) is 0 Å². The Hall–Kier alpha value is -2.11. The molecule has 5 heteroatoms. The predicted molar refractivity (Wildman–Crippen MR) is 100 cm³/mol. The Labute approximate surface area is 149 Å². The molecule has 0 fully saturated rings. The number of fused-ring (bicyclic) bond motifs is 1. The van der Waals surface area contributed by atoms with Crippen molar-refractivity contribution in [3.05, 3.63) is 42.1 Å². The van der Waals surface area contributed by atoms with Gasteiger partial charge in [-0.25, -0.2) is 0 Å². The van der Waals surface area contributed by atoms with E-state index in [0.717, 1.165) is 60.7 Å². The molecule has 134 valence electrons. The summed E-state index contributed by atoms with van der Waals surface area (Å²) in [5.41, 5.74) is 2.91. The molecule has 0 saturated heterocycles. The van der Waals surface area contributed by atoms with Crippen LogP contribution in [0.3, 0.4) is 0 Å². The average Bonchev–Trinajstić information content (AvgIpc) is 3.16. The molecule has 3 rings (SSSR count). The van der Waals surface area contributed by atoms with Gasteiger partial charge < -0.3 is 14.5 Å². The van der Waals surface area contributed by atoms with E-state index in [9.17, 15) is 0 Å². The van der Waals surface area contributed by atoms with Crippen LogP contribution in [0.1, 0.15) is 25.8 Å². The van der Waals surface area contributed by atoms with Crippen molar-refractivity contribution in [1.82, 2.24) is 15.1 Å². The molecule has 0 saturated carbocycles. The summed E-state index contributed by atoms with van der Waals surface area (Å²) < 4.78 is 13.4. The molecule has 0 atom stereocenters. The summed E-state index contributed by atoms with van der Waals surface area (Å²) in [4.78, 5) is 0. The van der Waals surface area contributed by atoms with Gasteiger partial charge in [0.15, 0.2) is 5.76 Å². The highest BCUT2D eigenvalue weighted by Gasteiger charge is 2.14. The molecule has 0 unspecified atom stereocenters. The third-order valence-corrected chi connectivity index (χ3v) is 4.14. The predicted octanol–water partition coefficient (Wildman–Crippen LogP) is 3.99. The van der Waals surface area contributed by atoms with E-state index in [0.29, 0.717) is 5.92 Å². The summed E-state index contributed by atoms with van der Waals surface area (Å²) in [5.74, 6) is 1.50. The van der Waals surface area contributed by atoms with E-state index in [2.05, 4.69) is 36.4 Å². The molecule has 2 heterocycles. The highest BCUT2D eigenvalue weighted by molar-refractivity contribution is 5.82. The summed E-state index contributed by atoms with van der Waals surface area (Å²) >= 11 is 0. The Morgan fingerprint density at radius 3 is 2.88 bits per heavy atom. The van der Waals surface area contributed by atoms with Crippen LogP contribution in [-0.4, -0.2) is 29.5 Å². The van der Waals surface area contributed by atoms with Crippen LogP contribution < -0.4 is 5.32 Å². The van der Waals surface area contributed by atoms with Crippen LogP contribution in [0.15, 0.2) is 40.9 Å². The third kappa shape index (κ3) is 4.71. The number of hydrogen-bond acceptors (Lipinski definition) is 4. The molecule has 0 spiro atoms.